The van der Waals surface area contributed by atoms with Gasteiger partial charge in [-0.15, -0.1) is 0 Å². The number of nitrogens with zero attached hydrogens (tertiary/aromatic N) is 2. The van der Waals surface area contributed by atoms with E-state index in [9.17, 15) is 0 Å². The first-order valence-corrected chi connectivity index (χ1v) is 7.73. The fourth-order valence-corrected chi connectivity index (χ4v) is 2.87. The molecule has 0 aliphatic carbocycles. The minimum Gasteiger partial charge on any atom is -0.487 e. The lowest BCUT2D eigenvalue weighted by Crippen LogP contribution is -2.11. The number of aromatic nitrogens is 2. The van der Waals surface area contributed by atoms with E-state index < -0.39 is 0 Å². The van der Waals surface area contributed by atoms with Crippen molar-refractivity contribution in [2.24, 2.45) is 12.8 Å². The molecule has 1 aromatic carbocycles. The minimum absolute atomic E-state index is 0.401. The maximum absolute atomic E-state index is 5.99. The first-order chi connectivity index (χ1) is 9.81. The Morgan fingerprint density at radius 2 is 1.90 bits per heavy atom. The number of aryl methyl sites for hydroxylation is 4. The van der Waals surface area contributed by atoms with E-state index in [1.807, 2.05) is 44.6 Å². The lowest BCUT2D eigenvalue weighted by Gasteiger charge is -2.14. The van der Waals surface area contributed by atoms with E-state index in [4.69, 9.17) is 22.7 Å². The van der Waals surface area contributed by atoms with Crippen molar-refractivity contribution in [3.05, 3.63) is 44.7 Å². The molecule has 2 N–H and O–H groups in total. The van der Waals surface area contributed by atoms with Crippen molar-refractivity contribution >= 4 is 33.1 Å². The maximum Gasteiger partial charge on any atom is 0.131 e. The molecule has 6 heteroatoms. The average molecular weight is 368 g/mol. The van der Waals surface area contributed by atoms with Gasteiger partial charge in [0, 0.05) is 12.6 Å². The highest BCUT2D eigenvalue weighted by molar-refractivity contribution is 9.10. The fourth-order valence-electron chi connectivity index (χ4n) is 2.30. The van der Waals surface area contributed by atoms with Crippen LogP contribution in [-0.4, -0.2) is 14.8 Å². The van der Waals surface area contributed by atoms with Crippen molar-refractivity contribution in [2.75, 3.05) is 0 Å². The van der Waals surface area contributed by atoms with Crippen molar-refractivity contribution in [1.29, 1.82) is 0 Å². The maximum atomic E-state index is 5.99. The lowest BCUT2D eigenvalue weighted by molar-refractivity contribution is 0.290. The van der Waals surface area contributed by atoms with Crippen LogP contribution in [0, 0.1) is 20.8 Å². The number of rotatable bonds is 4. The summed E-state index contributed by atoms with van der Waals surface area (Å²) in [6.45, 7) is 6.40. The Kier molecular flexibility index (Phi) is 4.68. The molecule has 0 amide bonds. The summed E-state index contributed by atoms with van der Waals surface area (Å²) in [6.07, 6.45) is 0. The lowest BCUT2D eigenvalue weighted by atomic mass is 10.1. The first kappa shape index (κ1) is 16.0. The summed E-state index contributed by atoms with van der Waals surface area (Å²) in [5.74, 6) is 0.862. The summed E-state index contributed by atoms with van der Waals surface area (Å²) in [7, 11) is 1.91. The van der Waals surface area contributed by atoms with Crippen LogP contribution in [0.5, 0.6) is 5.75 Å². The van der Waals surface area contributed by atoms with Crippen molar-refractivity contribution in [1.82, 2.24) is 9.78 Å². The highest BCUT2D eigenvalue weighted by Crippen LogP contribution is 2.27. The van der Waals surface area contributed by atoms with Gasteiger partial charge < -0.3 is 10.5 Å². The Morgan fingerprint density at radius 3 is 2.33 bits per heavy atom. The predicted octanol–water partition coefficient (Wildman–Crippen LogP) is 3.32. The van der Waals surface area contributed by atoms with Crippen LogP contribution in [0.1, 0.15) is 28.1 Å². The van der Waals surface area contributed by atoms with Gasteiger partial charge in [0.1, 0.15) is 17.3 Å². The van der Waals surface area contributed by atoms with Gasteiger partial charge in [-0.25, -0.2) is 0 Å². The van der Waals surface area contributed by atoms with E-state index in [0.717, 1.165) is 38.3 Å². The Labute approximate surface area is 138 Å². The van der Waals surface area contributed by atoms with Crippen LogP contribution in [0.3, 0.4) is 0 Å². The third-order valence-electron chi connectivity index (χ3n) is 3.36. The molecular weight excluding hydrogens is 350 g/mol. The molecule has 0 spiro atoms. The molecule has 0 aliphatic heterocycles. The van der Waals surface area contributed by atoms with Crippen LogP contribution < -0.4 is 10.5 Å². The Balaban J connectivity index is 2.26. The van der Waals surface area contributed by atoms with Crippen molar-refractivity contribution in [2.45, 2.75) is 27.4 Å². The van der Waals surface area contributed by atoms with E-state index in [-0.39, 0.29) is 0 Å². The highest BCUT2D eigenvalue weighted by atomic mass is 79.9. The van der Waals surface area contributed by atoms with E-state index >= 15 is 0 Å². The van der Waals surface area contributed by atoms with Gasteiger partial charge in [-0.3, -0.25) is 4.68 Å². The summed E-state index contributed by atoms with van der Waals surface area (Å²) in [5, 5.41) is 4.36. The first-order valence-electron chi connectivity index (χ1n) is 6.53. The number of ether oxygens (including phenoxy) is 1. The number of hydrogen-bond acceptors (Lipinski definition) is 3. The molecule has 0 radical (unpaired) electrons. The fraction of sp³-hybridized carbons (Fsp3) is 0.333. The average Bonchev–Trinajstić information content (AvgIpc) is 2.63. The van der Waals surface area contributed by atoms with E-state index in [1.54, 1.807) is 0 Å². The largest absolute Gasteiger partial charge is 0.487 e. The quantitative estimate of drug-likeness (QED) is 0.842. The third kappa shape index (κ3) is 3.27. The molecule has 0 unspecified atom stereocenters. The van der Waals surface area contributed by atoms with Gasteiger partial charge >= 0.3 is 0 Å². The van der Waals surface area contributed by atoms with E-state index in [2.05, 4.69) is 21.0 Å². The van der Waals surface area contributed by atoms with E-state index in [1.165, 1.54) is 0 Å². The van der Waals surface area contributed by atoms with Crippen molar-refractivity contribution in [3.8, 4) is 5.75 Å². The second-order valence-corrected chi connectivity index (χ2v) is 6.29. The number of nitrogens with two attached hydrogens (primary N) is 1. The summed E-state index contributed by atoms with van der Waals surface area (Å²) in [4.78, 5) is 0.401. The Morgan fingerprint density at radius 1 is 1.33 bits per heavy atom. The van der Waals surface area contributed by atoms with Crippen LogP contribution in [-0.2, 0) is 13.7 Å². The van der Waals surface area contributed by atoms with Crippen LogP contribution in [0.25, 0.3) is 0 Å². The van der Waals surface area contributed by atoms with Crippen LogP contribution in [0.2, 0.25) is 0 Å². The summed E-state index contributed by atoms with van der Waals surface area (Å²) < 4.78 is 8.80. The van der Waals surface area contributed by atoms with Crippen LogP contribution in [0.15, 0.2) is 16.6 Å². The monoisotopic (exact) mass is 367 g/mol. The molecule has 2 aromatic rings. The van der Waals surface area contributed by atoms with Gasteiger partial charge in [0.05, 0.1) is 15.9 Å². The molecule has 21 heavy (non-hydrogen) atoms. The molecule has 1 heterocycles. The van der Waals surface area contributed by atoms with Crippen molar-refractivity contribution < 1.29 is 4.74 Å². The highest BCUT2D eigenvalue weighted by Gasteiger charge is 2.13. The van der Waals surface area contributed by atoms with Gasteiger partial charge in [-0.2, -0.15) is 5.10 Å². The smallest absolute Gasteiger partial charge is 0.131 e. The zero-order chi connectivity index (χ0) is 15.7. The summed E-state index contributed by atoms with van der Waals surface area (Å²) >= 11 is 8.57. The number of benzene rings is 1. The SMILES string of the molecule is Cc1cc(C(N)=S)cc(C)c1OCc1c(Br)c(C)nn1C. The number of thiocarbonyl (C=S) groups is 1. The van der Waals surface area contributed by atoms with Gasteiger partial charge in [0.2, 0.25) is 0 Å². The van der Waals surface area contributed by atoms with Crippen LogP contribution in [0.4, 0.5) is 0 Å². The molecule has 112 valence electrons. The normalized spacial score (nSPS) is 10.7. The second-order valence-electron chi connectivity index (χ2n) is 5.06. The molecule has 0 saturated heterocycles. The summed E-state index contributed by atoms with van der Waals surface area (Å²) in [5.41, 5.74) is 10.5. The Bertz CT molecular complexity index is 686. The van der Waals surface area contributed by atoms with Gasteiger partial charge in [0.15, 0.2) is 0 Å². The van der Waals surface area contributed by atoms with Gasteiger partial charge in [-0.05, 0) is 60.0 Å². The molecular formula is C15H18BrN3OS. The van der Waals surface area contributed by atoms with Gasteiger partial charge in [0.25, 0.3) is 0 Å². The van der Waals surface area contributed by atoms with E-state index in [0.29, 0.717) is 11.6 Å². The third-order valence-corrected chi connectivity index (χ3v) is 4.63. The molecule has 2 rings (SSSR count). The Hall–Kier alpha value is -1.40. The molecule has 4 nitrogen and oxygen atoms in total. The second kappa shape index (κ2) is 6.15. The predicted molar refractivity (Wildman–Crippen MR) is 91.8 cm³/mol. The zero-order valence-corrected chi connectivity index (χ0v) is 14.9. The number of halogens is 1. The molecule has 1 aromatic heterocycles. The molecule has 0 atom stereocenters. The van der Waals surface area contributed by atoms with Crippen LogP contribution >= 0.6 is 28.1 Å². The van der Waals surface area contributed by atoms with Crippen molar-refractivity contribution in [3.63, 3.8) is 0 Å². The topological polar surface area (TPSA) is 53.1 Å². The molecule has 0 saturated carbocycles. The van der Waals surface area contributed by atoms with Gasteiger partial charge in [-0.1, -0.05) is 12.2 Å². The molecule has 0 bridgehead atoms. The molecule has 0 aliphatic rings. The minimum atomic E-state index is 0.401. The number of hydrogen-bond donors (Lipinski definition) is 1. The zero-order valence-electron chi connectivity index (χ0n) is 12.5. The molecule has 0 fully saturated rings. The summed E-state index contributed by atoms with van der Waals surface area (Å²) in [6, 6.07) is 3.91. The standard InChI is InChI=1S/C15H18BrN3OS/c1-8-5-11(15(17)21)6-9(2)14(8)20-7-12-13(16)10(3)18-19(12)4/h5-6H,7H2,1-4H3,(H2,17,21).